The van der Waals surface area contributed by atoms with Crippen LogP contribution in [-0.2, 0) is 14.3 Å². The summed E-state index contributed by atoms with van der Waals surface area (Å²) in [6.45, 7) is 13.2. The lowest BCUT2D eigenvalue weighted by Crippen LogP contribution is -2.63. The van der Waals surface area contributed by atoms with Gasteiger partial charge in [-0.15, -0.1) is 11.8 Å². The summed E-state index contributed by atoms with van der Waals surface area (Å²) in [6.07, 6.45) is 9.77. The van der Waals surface area contributed by atoms with Gasteiger partial charge in [0.1, 0.15) is 5.50 Å². The summed E-state index contributed by atoms with van der Waals surface area (Å²) in [5.41, 5.74) is 0.321. The number of carbonyl (C=O) groups excluding carboxylic acids is 1. The van der Waals surface area contributed by atoms with Gasteiger partial charge in [0.05, 0.1) is 25.4 Å². The Labute approximate surface area is 264 Å². The second-order valence-corrected chi connectivity index (χ2v) is 15.0. The van der Waals surface area contributed by atoms with Crippen molar-refractivity contribution in [1.29, 1.82) is 0 Å². The zero-order valence-corrected chi connectivity index (χ0v) is 27.8. The standard InChI is InChI=1S/C32H59N7O3S/c1-35(15-16-36-11-3-4-12-36)29(40)23-27(26-24-43-32(34-26)39-19-21-42-22-20-39)37-13-6-14-38(18-17-37)31-28(41-2)9-8-25-7-5-10-33-30(25)31/h25-28,30-34H,3-24H2,1-2H3. The Morgan fingerprint density at radius 1 is 0.977 bits per heavy atom. The van der Waals surface area contributed by atoms with Crippen LogP contribution in [-0.4, -0.2) is 171 Å². The van der Waals surface area contributed by atoms with Crippen molar-refractivity contribution in [3.8, 4) is 0 Å². The van der Waals surface area contributed by atoms with Crippen molar-refractivity contribution in [2.75, 3.05) is 105 Å². The van der Waals surface area contributed by atoms with Gasteiger partial charge in [0.15, 0.2) is 0 Å². The maximum absolute atomic E-state index is 13.8. The molecule has 0 aromatic heterocycles. The second-order valence-electron chi connectivity index (χ2n) is 13.9. The van der Waals surface area contributed by atoms with Crippen LogP contribution in [0.1, 0.15) is 51.4 Å². The van der Waals surface area contributed by atoms with Crippen LogP contribution in [0.15, 0.2) is 0 Å². The number of ether oxygens (including phenoxy) is 2. The van der Waals surface area contributed by atoms with Crippen LogP contribution in [0.5, 0.6) is 0 Å². The maximum atomic E-state index is 13.8. The van der Waals surface area contributed by atoms with Crippen molar-refractivity contribution in [2.24, 2.45) is 5.92 Å². The van der Waals surface area contributed by atoms with Crippen molar-refractivity contribution in [3.05, 3.63) is 0 Å². The molecule has 5 heterocycles. The molecule has 5 aliphatic heterocycles. The van der Waals surface area contributed by atoms with E-state index in [0.717, 1.165) is 90.2 Å². The molecule has 10 nitrogen and oxygen atoms in total. The first-order valence-corrected chi connectivity index (χ1v) is 18.6. The highest BCUT2D eigenvalue weighted by Gasteiger charge is 2.45. The molecule has 7 unspecified atom stereocenters. The number of hydrogen-bond donors (Lipinski definition) is 2. The monoisotopic (exact) mass is 621 g/mol. The Hall–Kier alpha value is -0.500. The number of likely N-dealkylation sites (tertiary alicyclic amines) is 1. The zero-order valence-electron chi connectivity index (χ0n) is 27.0. The molecule has 6 rings (SSSR count). The molecule has 1 aliphatic carbocycles. The number of amides is 1. The van der Waals surface area contributed by atoms with Crippen molar-refractivity contribution in [1.82, 2.24) is 35.1 Å². The van der Waals surface area contributed by atoms with Crippen LogP contribution >= 0.6 is 11.8 Å². The predicted molar refractivity (Wildman–Crippen MR) is 173 cm³/mol. The summed E-state index contributed by atoms with van der Waals surface area (Å²) in [7, 11) is 3.94. The quantitative estimate of drug-likeness (QED) is 0.372. The van der Waals surface area contributed by atoms with Gasteiger partial charge < -0.3 is 24.6 Å². The molecule has 0 spiro atoms. The number of fused-ring (bicyclic) bond motifs is 1. The van der Waals surface area contributed by atoms with Crippen LogP contribution < -0.4 is 10.6 Å². The van der Waals surface area contributed by atoms with Crippen molar-refractivity contribution < 1.29 is 14.3 Å². The van der Waals surface area contributed by atoms with E-state index in [1.165, 1.54) is 51.6 Å². The number of morpholine rings is 1. The second kappa shape index (κ2) is 15.9. The van der Waals surface area contributed by atoms with E-state index in [9.17, 15) is 4.79 Å². The van der Waals surface area contributed by atoms with Crippen molar-refractivity contribution in [3.63, 3.8) is 0 Å². The lowest BCUT2D eigenvalue weighted by Gasteiger charge is -2.49. The van der Waals surface area contributed by atoms with E-state index >= 15 is 0 Å². The summed E-state index contributed by atoms with van der Waals surface area (Å²) in [4.78, 5) is 26.3. The fourth-order valence-corrected chi connectivity index (χ4v) is 10.2. The largest absolute Gasteiger partial charge is 0.380 e. The summed E-state index contributed by atoms with van der Waals surface area (Å²) >= 11 is 2.02. The molecule has 6 aliphatic rings. The van der Waals surface area contributed by atoms with Crippen LogP contribution in [0.25, 0.3) is 0 Å². The van der Waals surface area contributed by atoms with E-state index < -0.39 is 0 Å². The summed E-state index contributed by atoms with van der Waals surface area (Å²) in [5.74, 6) is 2.13. The maximum Gasteiger partial charge on any atom is 0.223 e. The number of likely N-dealkylation sites (N-methyl/N-ethyl adjacent to an activating group) is 1. The van der Waals surface area contributed by atoms with Crippen LogP contribution in [0.2, 0.25) is 0 Å². The third-order valence-electron chi connectivity index (χ3n) is 11.4. The van der Waals surface area contributed by atoms with Gasteiger partial charge in [0.2, 0.25) is 5.91 Å². The van der Waals surface area contributed by atoms with Gasteiger partial charge in [-0.05, 0) is 83.6 Å². The lowest BCUT2D eigenvalue weighted by atomic mass is 9.74. The first-order valence-electron chi connectivity index (χ1n) is 17.5. The number of methoxy groups -OCH3 is 1. The smallest absolute Gasteiger partial charge is 0.223 e. The number of nitrogens with zero attached hydrogens (tertiary/aromatic N) is 5. The van der Waals surface area contributed by atoms with Gasteiger partial charge >= 0.3 is 0 Å². The predicted octanol–water partition coefficient (Wildman–Crippen LogP) is 1.17. The summed E-state index contributed by atoms with van der Waals surface area (Å²) in [5, 5.41) is 7.92. The molecule has 1 saturated carbocycles. The number of piperidine rings is 1. The molecule has 246 valence electrons. The molecule has 1 amide bonds. The van der Waals surface area contributed by atoms with Crippen molar-refractivity contribution in [2.45, 2.75) is 87.1 Å². The number of hydrogen-bond acceptors (Lipinski definition) is 10. The van der Waals surface area contributed by atoms with E-state index in [0.29, 0.717) is 42.1 Å². The van der Waals surface area contributed by atoms with E-state index in [2.05, 4.69) is 30.2 Å². The number of nitrogens with one attached hydrogen (secondary N) is 2. The normalized spacial score (nSPS) is 36.3. The van der Waals surface area contributed by atoms with Crippen LogP contribution in [0.4, 0.5) is 0 Å². The van der Waals surface area contributed by atoms with E-state index in [4.69, 9.17) is 9.47 Å². The molecule has 43 heavy (non-hydrogen) atoms. The van der Waals surface area contributed by atoms with Crippen LogP contribution in [0.3, 0.4) is 0 Å². The highest BCUT2D eigenvalue weighted by Crippen LogP contribution is 2.36. The molecule has 0 bridgehead atoms. The van der Waals surface area contributed by atoms with Crippen LogP contribution in [0, 0.1) is 5.92 Å². The molecule has 0 radical (unpaired) electrons. The number of thioether (sulfide) groups is 1. The Morgan fingerprint density at radius 2 is 1.81 bits per heavy atom. The molecule has 7 atom stereocenters. The minimum absolute atomic E-state index is 0.213. The van der Waals surface area contributed by atoms with Crippen molar-refractivity contribution >= 4 is 17.7 Å². The average Bonchev–Trinajstić information content (AvgIpc) is 3.71. The Bertz CT molecular complexity index is 876. The first-order chi connectivity index (χ1) is 21.1. The van der Waals surface area contributed by atoms with E-state index in [1.807, 2.05) is 30.8 Å². The molecule has 11 heteroatoms. The van der Waals surface area contributed by atoms with Gasteiger partial charge in [0.25, 0.3) is 0 Å². The fraction of sp³-hybridized carbons (Fsp3) is 0.969. The summed E-state index contributed by atoms with van der Waals surface area (Å²) < 4.78 is 11.8. The molecule has 0 aromatic rings. The Balaban J connectivity index is 1.12. The number of carbonyl (C=O) groups is 1. The Kier molecular flexibility index (Phi) is 12.0. The Morgan fingerprint density at radius 3 is 2.63 bits per heavy atom. The zero-order chi connectivity index (χ0) is 29.6. The van der Waals surface area contributed by atoms with E-state index in [-0.39, 0.29) is 6.04 Å². The number of rotatable bonds is 10. The lowest BCUT2D eigenvalue weighted by molar-refractivity contribution is -0.131. The SMILES string of the molecule is COC1CCC2CCCNC2C1N1CCCN(C(CC(=O)N(C)CCN2CCCC2)C2CSC(N3CCOCC3)N2)CC1. The average molecular weight is 622 g/mol. The molecule has 6 fully saturated rings. The van der Waals surface area contributed by atoms with Gasteiger partial charge in [-0.25, -0.2) is 0 Å². The third-order valence-corrected chi connectivity index (χ3v) is 12.7. The minimum Gasteiger partial charge on any atom is -0.380 e. The summed E-state index contributed by atoms with van der Waals surface area (Å²) in [6, 6.07) is 1.52. The first kappa shape index (κ1) is 32.4. The molecule has 5 saturated heterocycles. The van der Waals surface area contributed by atoms with Gasteiger partial charge in [-0.2, -0.15) is 0 Å². The molecular weight excluding hydrogens is 562 g/mol. The highest BCUT2D eigenvalue weighted by atomic mass is 32.2. The molecule has 0 aromatic carbocycles. The fourth-order valence-electron chi connectivity index (χ4n) is 8.79. The van der Waals surface area contributed by atoms with Gasteiger partial charge in [-0.3, -0.25) is 24.8 Å². The third kappa shape index (κ3) is 8.08. The van der Waals surface area contributed by atoms with Gasteiger partial charge in [0, 0.05) is 83.7 Å². The van der Waals surface area contributed by atoms with Gasteiger partial charge in [-0.1, -0.05) is 0 Å². The minimum atomic E-state index is 0.213. The van der Waals surface area contributed by atoms with E-state index in [1.54, 1.807) is 0 Å². The topological polar surface area (TPSA) is 75.8 Å². The highest BCUT2D eigenvalue weighted by molar-refractivity contribution is 8.00. The molecular formula is C32H59N7O3S. The molecule has 2 N–H and O–H groups in total.